The molecule has 0 spiro atoms. The summed E-state index contributed by atoms with van der Waals surface area (Å²) in [4.78, 5) is 8.48. The van der Waals surface area contributed by atoms with Crippen molar-refractivity contribution in [3.63, 3.8) is 0 Å². The quantitative estimate of drug-likeness (QED) is 0.764. The molecule has 0 aliphatic carbocycles. The molecule has 3 rings (SSSR count). The van der Waals surface area contributed by atoms with E-state index in [1.54, 1.807) is 23.3 Å². The maximum absolute atomic E-state index is 5.57. The molecule has 0 unspecified atom stereocenters. The monoisotopic (exact) mass is 255 g/mol. The average Bonchev–Trinajstić information content (AvgIpc) is 2.84. The molecule has 0 fully saturated rings. The Balaban J connectivity index is 1.65. The number of nitrogens with zero attached hydrogens (tertiary/aromatic N) is 4. The van der Waals surface area contributed by atoms with Gasteiger partial charge in [0.05, 0.1) is 23.9 Å². The zero-order chi connectivity index (χ0) is 13.1. The molecule has 2 aromatic heterocycles. The molecule has 0 bridgehead atoms. The van der Waals surface area contributed by atoms with E-state index >= 15 is 0 Å². The molecular weight excluding hydrogens is 242 g/mol. The van der Waals surface area contributed by atoms with Crippen LogP contribution in [0, 0.1) is 0 Å². The second-order valence-corrected chi connectivity index (χ2v) is 4.10. The van der Waals surface area contributed by atoms with E-state index in [0.717, 1.165) is 10.9 Å². The van der Waals surface area contributed by atoms with Crippen LogP contribution in [0.4, 0.5) is 5.69 Å². The van der Waals surface area contributed by atoms with E-state index in [4.69, 9.17) is 10.5 Å². The van der Waals surface area contributed by atoms with Crippen molar-refractivity contribution in [3.8, 4) is 6.01 Å². The number of fused-ring (bicyclic) bond motifs is 1. The summed E-state index contributed by atoms with van der Waals surface area (Å²) in [5, 5.41) is 5.06. The second-order valence-electron chi connectivity index (χ2n) is 4.10. The van der Waals surface area contributed by atoms with Crippen LogP contribution in [0.1, 0.15) is 0 Å². The van der Waals surface area contributed by atoms with Crippen LogP contribution >= 0.6 is 0 Å². The van der Waals surface area contributed by atoms with Gasteiger partial charge < -0.3 is 10.5 Å². The molecular formula is C13H13N5O. The first-order chi connectivity index (χ1) is 9.31. The lowest BCUT2D eigenvalue weighted by Gasteiger charge is -2.05. The van der Waals surface area contributed by atoms with Crippen LogP contribution in [0.2, 0.25) is 0 Å². The second kappa shape index (κ2) is 4.93. The van der Waals surface area contributed by atoms with Crippen LogP contribution in [0.15, 0.2) is 42.9 Å². The molecule has 0 amide bonds. The Morgan fingerprint density at radius 2 is 2.11 bits per heavy atom. The lowest BCUT2D eigenvalue weighted by Crippen LogP contribution is -2.09. The van der Waals surface area contributed by atoms with Crippen LogP contribution in [-0.4, -0.2) is 26.4 Å². The first-order valence-electron chi connectivity index (χ1n) is 5.94. The third kappa shape index (κ3) is 2.62. The van der Waals surface area contributed by atoms with Crippen molar-refractivity contribution in [1.29, 1.82) is 0 Å². The first-order valence-corrected chi connectivity index (χ1v) is 5.94. The average molecular weight is 255 g/mol. The molecule has 0 aliphatic rings. The van der Waals surface area contributed by atoms with Crippen molar-refractivity contribution in [2.24, 2.45) is 0 Å². The van der Waals surface area contributed by atoms with Crippen molar-refractivity contribution in [2.75, 3.05) is 12.3 Å². The SMILES string of the molecule is Nc1cnn(CCOc2ncc3ccccc3n2)c1. The summed E-state index contributed by atoms with van der Waals surface area (Å²) in [6.07, 6.45) is 5.11. The van der Waals surface area contributed by atoms with Crippen LogP contribution in [0.25, 0.3) is 10.9 Å². The molecule has 1 aromatic carbocycles. The van der Waals surface area contributed by atoms with E-state index in [-0.39, 0.29) is 0 Å². The number of rotatable bonds is 4. The zero-order valence-corrected chi connectivity index (χ0v) is 10.2. The molecule has 0 radical (unpaired) electrons. The highest BCUT2D eigenvalue weighted by atomic mass is 16.5. The van der Waals surface area contributed by atoms with Crippen LogP contribution in [0.5, 0.6) is 6.01 Å². The lowest BCUT2D eigenvalue weighted by atomic mass is 10.2. The number of anilines is 1. The number of aromatic nitrogens is 4. The minimum Gasteiger partial charge on any atom is -0.461 e. The van der Waals surface area contributed by atoms with Gasteiger partial charge in [-0.1, -0.05) is 18.2 Å². The summed E-state index contributed by atoms with van der Waals surface area (Å²) in [7, 11) is 0. The Bertz CT molecular complexity index is 694. The topological polar surface area (TPSA) is 78.8 Å². The molecule has 2 N–H and O–H groups in total. The highest BCUT2D eigenvalue weighted by molar-refractivity contribution is 5.77. The largest absolute Gasteiger partial charge is 0.461 e. The molecule has 6 nitrogen and oxygen atoms in total. The predicted molar refractivity (Wildman–Crippen MR) is 71.7 cm³/mol. The van der Waals surface area contributed by atoms with Gasteiger partial charge in [0.1, 0.15) is 6.61 Å². The Morgan fingerprint density at radius 3 is 2.95 bits per heavy atom. The summed E-state index contributed by atoms with van der Waals surface area (Å²) < 4.78 is 7.22. The summed E-state index contributed by atoms with van der Waals surface area (Å²) in [5.74, 6) is 0. The smallest absolute Gasteiger partial charge is 0.316 e. The fourth-order valence-corrected chi connectivity index (χ4v) is 1.76. The van der Waals surface area contributed by atoms with Gasteiger partial charge in [-0.25, -0.2) is 4.98 Å². The predicted octanol–water partition coefficient (Wildman–Crippen LogP) is 1.49. The summed E-state index contributed by atoms with van der Waals surface area (Å²) in [5.41, 5.74) is 7.09. The fourth-order valence-electron chi connectivity index (χ4n) is 1.76. The number of ether oxygens (including phenoxy) is 1. The van der Waals surface area contributed by atoms with E-state index < -0.39 is 0 Å². The number of benzene rings is 1. The zero-order valence-electron chi connectivity index (χ0n) is 10.2. The molecule has 6 heteroatoms. The van der Waals surface area contributed by atoms with Gasteiger partial charge in [-0.05, 0) is 6.07 Å². The Labute approximate surface area is 109 Å². The number of hydrogen-bond acceptors (Lipinski definition) is 5. The van der Waals surface area contributed by atoms with Crippen molar-refractivity contribution in [1.82, 2.24) is 19.7 Å². The van der Waals surface area contributed by atoms with Gasteiger partial charge in [0.25, 0.3) is 0 Å². The molecule has 2 heterocycles. The molecule has 3 aromatic rings. The van der Waals surface area contributed by atoms with E-state index in [1.807, 2.05) is 24.3 Å². The number of para-hydroxylation sites is 1. The van der Waals surface area contributed by atoms with Crippen molar-refractivity contribution >= 4 is 16.6 Å². The van der Waals surface area contributed by atoms with E-state index in [1.165, 1.54) is 0 Å². The van der Waals surface area contributed by atoms with E-state index in [9.17, 15) is 0 Å². The normalized spacial score (nSPS) is 10.7. The summed E-state index contributed by atoms with van der Waals surface area (Å²) >= 11 is 0. The van der Waals surface area contributed by atoms with Crippen LogP contribution in [0.3, 0.4) is 0 Å². The molecule has 19 heavy (non-hydrogen) atoms. The third-order valence-electron chi connectivity index (χ3n) is 2.67. The Kier molecular flexibility index (Phi) is 2.97. The third-order valence-corrected chi connectivity index (χ3v) is 2.67. The highest BCUT2D eigenvalue weighted by Crippen LogP contribution is 2.12. The lowest BCUT2D eigenvalue weighted by molar-refractivity contribution is 0.271. The number of nitrogen functional groups attached to an aromatic ring is 1. The highest BCUT2D eigenvalue weighted by Gasteiger charge is 2.01. The van der Waals surface area contributed by atoms with E-state index in [2.05, 4.69) is 15.1 Å². The van der Waals surface area contributed by atoms with Gasteiger partial charge in [0.15, 0.2) is 0 Å². The van der Waals surface area contributed by atoms with Crippen LogP contribution < -0.4 is 10.5 Å². The van der Waals surface area contributed by atoms with Crippen molar-refractivity contribution in [2.45, 2.75) is 6.54 Å². The van der Waals surface area contributed by atoms with Gasteiger partial charge >= 0.3 is 6.01 Å². The van der Waals surface area contributed by atoms with Crippen LogP contribution in [-0.2, 0) is 6.54 Å². The van der Waals surface area contributed by atoms with Gasteiger partial charge in [-0.2, -0.15) is 10.1 Å². The minimum atomic E-state index is 0.374. The first kappa shape index (κ1) is 11.5. The minimum absolute atomic E-state index is 0.374. The van der Waals surface area contributed by atoms with Gasteiger partial charge in [0, 0.05) is 17.8 Å². The summed E-state index contributed by atoms with van der Waals surface area (Å²) in [6.45, 7) is 1.05. The number of hydrogen-bond donors (Lipinski definition) is 1. The maximum Gasteiger partial charge on any atom is 0.316 e. The molecule has 0 saturated carbocycles. The van der Waals surface area contributed by atoms with E-state index in [0.29, 0.717) is 24.8 Å². The molecule has 0 aliphatic heterocycles. The number of nitrogens with two attached hydrogens (primary N) is 1. The van der Waals surface area contributed by atoms with Gasteiger partial charge in [-0.3, -0.25) is 4.68 Å². The maximum atomic E-state index is 5.57. The molecule has 0 saturated heterocycles. The summed E-state index contributed by atoms with van der Waals surface area (Å²) in [6, 6.07) is 8.16. The standard InChI is InChI=1S/C13H13N5O/c14-11-8-16-18(9-11)5-6-19-13-15-7-10-3-1-2-4-12(10)17-13/h1-4,7-9H,5-6,14H2. The fraction of sp³-hybridized carbons (Fsp3) is 0.154. The van der Waals surface area contributed by atoms with Gasteiger partial charge in [-0.15, -0.1) is 0 Å². The Morgan fingerprint density at radius 1 is 1.21 bits per heavy atom. The molecule has 96 valence electrons. The van der Waals surface area contributed by atoms with Crippen molar-refractivity contribution < 1.29 is 4.74 Å². The van der Waals surface area contributed by atoms with Gasteiger partial charge in [0.2, 0.25) is 0 Å². The molecule has 0 atom stereocenters. The van der Waals surface area contributed by atoms with Crippen molar-refractivity contribution in [3.05, 3.63) is 42.9 Å². The Hall–Kier alpha value is -2.63.